The van der Waals surface area contributed by atoms with Crippen LogP contribution in [0.2, 0.25) is 0 Å². The number of aromatic nitrogens is 2. The van der Waals surface area contributed by atoms with Gasteiger partial charge in [-0.3, -0.25) is 9.78 Å². The van der Waals surface area contributed by atoms with Gasteiger partial charge in [-0.05, 0) is 43.9 Å². The molecule has 2 aromatic rings. The van der Waals surface area contributed by atoms with Crippen LogP contribution < -0.4 is 16.4 Å². The van der Waals surface area contributed by atoms with Gasteiger partial charge < -0.3 is 16.4 Å². The van der Waals surface area contributed by atoms with Crippen molar-refractivity contribution in [3.63, 3.8) is 0 Å². The summed E-state index contributed by atoms with van der Waals surface area (Å²) in [6.07, 6.45) is 12.0. The first-order valence-corrected chi connectivity index (χ1v) is 10.8. The topological polar surface area (TPSA) is 98.1 Å². The summed E-state index contributed by atoms with van der Waals surface area (Å²) in [6.45, 7) is 1.76. The van der Waals surface area contributed by atoms with Crippen LogP contribution in [0.4, 0.5) is 11.4 Å². The van der Waals surface area contributed by atoms with E-state index < -0.39 is 0 Å². The highest BCUT2D eigenvalue weighted by Crippen LogP contribution is 2.32. The molecule has 4 N–H and O–H groups in total. The zero-order chi connectivity index (χ0) is 20.2. The number of Topliss-reactive ketones (excluding diaryl/α,β-unsaturated/α-hetero) is 1. The number of ketones is 1. The van der Waals surface area contributed by atoms with Gasteiger partial charge in [0.25, 0.3) is 0 Å². The van der Waals surface area contributed by atoms with E-state index in [-0.39, 0.29) is 18.2 Å². The summed E-state index contributed by atoms with van der Waals surface area (Å²) in [5, 5.41) is 0. The van der Waals surface area contributed by atoms with Crippen LogP contribution in [-0.2, 0) is 6.42 Å². The molecule has 29 heavy (non-hydrogen) atoms. The van der Waals surface area contributed by atoms with Gasteiger partial charge in [0, 0.05) is 60.8 Å². The van der Waals surface area contributed by atoms with Gasteiger partial charge in [0.2, 0.25) is 0 Å². The summed E-state index contributed by atoms with van der Waals surface area (Å²) in [5.41, 5.74) is 16.1. The summed E-state index contributed by atoms with van der Waals surface area (Å²) in [4.78, 5) is 24.4. The number of carbonyl (C=O) groups excluding carboxylic acids is 1. The van der Waals surface area contributed by atoms with Crippen LogP contribution in [0.3, 0.4) is 0 Å². The minimum absolute atomic E-state index is 0.0456. The molecule has 6 nitrogen and oxygen atoms in total. The van der Waals surface area contributed by atoms with E-state index in [0.29, 0.717) is 17.3 Å². The fraction of sp³-hybridized carbons (Fsp3) is 0.522. The second-order valence-corrected chi connectivity index (χ2v) is 8.46. The van der Waals surface area contributed by atoms with E-state index in [9.17, 15) is 4.79 Å². The van der Waals surface area contributed by atoms with E-state index in [4.69, 9.17) is 16.5 Å². The Morgan fingerprint density at radius 1 is 1.10 bits per heavy atom. The number of hydrogen-bond donors (Lipinski definition) is 2. The number of nitrogens with two attached hydrogens (primary N) is 2. The second kappa shape index (κ2) is 8.91. The molecule has 3 heterocycles. The Labute approximate surface area is 172 Å². The van der Waals surface area contributed by atoms with Crippen LogP contribution in [-0.4, -0.2) is 34.9 Å². The van der Waals surface area contributed by atoms with Crippen LogP contribution in [0.5, 0.6) is 0 Å². The molecule has 0 spiro atoms. The molecule has 0 amide bonds. The highest BCUT2D eigenvalue weighted by Gasteiger charge is 2.23. The van der Waals surface area contributed by atoms with Crippen molar-refractivity contribution in [2.75, 3.05) is 23.7 Å². The molecule has 0 aromatic carbocycles. The number of carbonyl (C=O) groups is 1. The molecule has 0 unspecified atom stereocenters. The third-order valence-electron chi connectivity index (χ3n) is 6.26. The molecule has 2 fully saturated rings. The van der Waals surface area contributed by atoms with Crippen molar-refractivity contribution >= 4 is 17.2 Å². The molecule has 2 aliphatic rings. The smallest absolute Gasteiger partial charge is 0.187 e. The third-order valence-corrected chi connectivity index (χ3v) is 6.26. The van der Waals surface area contributed by atoms with Crippen molar-refractivity contribution in [3.8, 4) is 0 Å². The highest BCUT2D eigenvalue weighted by molar-refractivity contribution is 6.00. The van der Waals surface area contributed by atoms with Gasteiger partial charge in [-0.1, -0.05) is 19.3 Å². The monoisotopic (exact) mass is 393 g/mol. The normalized spacial score (nSPS) is 20.6. The molecule has 1 saturated heterocycles. The minimum atomic E-state index is -0.0456. The molecule has 2 aromatic heterocycles. The summed E-state index contributed by atoms with van der Waals surface area (Å²) in [5.74, 6) is 0.399. The van der Waals surface area contributed by atoms with Crippen molar-refractivity contribution in [1.29, 1.82) is 0 Å². The third kappa shape index (κ3) is 4.58. The number of piperidine rings is 1. The number of pyridine rings is 2. The van der Waals surface area contributed by atoms with Gasteiger partial charge in [-0.2, -0.15) is 0 Å². The molecule has 1 saturated carbocycles. The van der Waals surface area contributed by atoms with Crippen molar-refractivity contribution in [2.45, 2.75) is 63.3 Å². The van der Waals surface area contributed by atoms with E-state index in [2.05, 4.69) is 9.88 Å². The zero-order valence-corrected chi connectivity index (χ0v) is 17.0. The minimum Gasteiger partial charge on any atom is -0.397 e. The molecular weight excluding hydrogens is 362 g/mol. The van der Waals surface area contributed by atoms with Gasteiger partial charge in [-0.15, -0.1) is 0 Å². The number of nitrogens with zero attached hydrogens (tertiary/aromatic N) is 3. The number of rotatable bonds is 5. The van der Waals surface area contributed by atoms with Gasteiger partial charge in [0.1, 0.15) is 5.69 Å². The lowest BCUT2D eigenvalue weighted by atomic mass is 9.86. The van der Waals surface area contributed by atoms with Crippen LogP contribution >= 0.6 is 0 Å². The Morgan fingerprint density at radius 3 is 2.72 bits per heavy atom. The SMILES string of the molecule is Nc1ccc(C2CCCCC2)nc1C(=O)Cc1cnccc1N1CCC[C@H](N)C1. The Morgan fingerprint density at radius 2 is 1.93 bits per heavy atom. The molecule has 154 valence electrons. The Hall–Kier alpha value is -2.47. The molecule has 1 atom stereocenters. The predicted octanol–water partition coefficient (Wildman–Crippen LogP) is 3.46. The van der Waals surface area contributed by atoms with Crippen LogP contribution in [0.25, 0.3) is 0 Å². The molecule has 6 heteroatoms. The molecule has 0 radical (unpaired) electrons. The first-order chi connectivity index (χ1) is 14.1. The predicted molar refractivity (Wildman–Crippen MR) is 116 cm³/mol. The molecular formula is C23H31N5O. The average molecular weight is 394 g/mol. The van der Waals surface area contributed by atoms with Crippen molar-refractivity contribution < 1.29 is 4.79 Å². The van der Waals surface area contributed by atoms with Crippen molar-refractivity contribution in [1.82, 2.24) is 9.97 Å². The summed E-state index contributed by atoms with van der Waals surface area (Å²) >= 11 is 0. The van der Waals surface area contributed by atoms with E-state index in [1.807, 2.05) is 18.2 Å². The molecule has 4 rings (SSSR count). The standard InChI is InChI=1S/C23H31N5O/c24-18-7-4-12-28(15-18)21-10-11-26-14-17(21)13-22(29)23-19(25)8-9-20(27-23)16-5-2-1-3-6-16/h8-11,14,16,18H,1-7,12-13,15,24-25H2/t18-/m0/s1. The number of nitrogen functional groups attached to an aromatic ring is 1. The number of anilines is 2. The lowest BCUT2D eigenvalue weighted by Gasteiger charge is -2.33. The maximum atomic E-state index is 13.2. The summed E-state index contributed by atoms with van der Waals surface area (Å²) in [7, 11) is 0. The van der Waals surface area contributed by atoms with Gasteiger partial charge >= 0.3 is 0 Å². The zero-order valence-electron chi connectivity index (χ0n) is 17.0. The van der Waals surface area contributed by atoms with E-state index in [1.54, 1.807) is 12.4 Å². The lowest BCUT2D eigenvalue weighted by molar-refractivity contribution is 0.0988. The average Bonchev–Trinajstić information content (AvgIpc) is 2.75. The van der Waals surface area contributed by atoms with E-state index in [0.717, 1.165) is 55.7 Å². The van der Waals surface area contributed by atoms with Crippen LogP contribution in [0.15, 0.2) is 30.6 Å². The second-order valence-electron chi connectivity index (χ2n) is 8.46. The largest absolute Gasteiger partial charge is 0.397 e. The fourth-order valence-corrected chi connectivity index (χ4v) is 4.68. The highest BCUT2D eigenvalue weighted by atomic mass is 16.1. The van der Waals surface area contributed by atoms with Crippen LogP contribution in [0.1, 0.15) is 72.6 Å². The molecule has 1 aliphatic heterocycles. The molecule has 1 aliphatic carbocycles. The first-order valence-electron chi connectivity index (χ1n) is 10.8. The summed E-state index contributed by atoms with van der Waals surface area (Å²) in [6, 6.07) is 5.99. The first kappa shape index (κ1) is 19.8. The van der Waals surface area contributed by atoms with Crippen LogP contribution in [0, 0.1) is 0 Å². The fourth-order valence-electron chi connectivity index (χ4n) is 4.68. The Balaban J connectivity index is 1.55. The van der Waals surface area contributed by atoms with E-state index in [1.165, 1.54) is 19.3 Å². The maximum absolute atomic E-state index is 13.2. The van der Waals surface area contributed by atoms with Crippen molar-refractivity contribution in [2.24, 2.45) is 5.73 Å². The van der Waals surface area contributed by atoms with E-state index >= 15 is 0 Å². The van der Waals surface area contributed by atoms with Gasteiger partial charge in [-0.25, -0.2) is 4.98 Å². The maximum Gasteiger partial charge on any atom is 0.187 e. The number of hydrogen-bond acceptors (Lipinski definition) is 6. The quantitative estimate of drug-likeness (QED) is 0.755. The van der Waals surface area contributed by atoms with Crippen molar-refractivity contribution in [3.05, 3.63) is 47.5 Å². The van der Waals surface area contributed by atoms with Gasteiger partial charge in [0.05, 0.1) is 5.69 Å². The lowest BCUT2D eigenvalue weighted by Crippen LogP contribution is -2.43. The Bertz CT molecular complexity index is 862. The Kier molecular flexibility index (Phi) is 6.09. The molecule has 0 bridgehead atoms. The summed E-state index contributed by atoms with van der Waals surface area (Å²) < 4.78 is 0. The van der Waals surface area contributed by atoms with Gasteiger partial charge in [0.15, 0.2) is 5.78 Å².